The maximum absolute atomic E-state index is 13.8. The highest BCUT2D eigenvalue weighted by molar-refractivity contribution is 7.21. The zero-order chi connectivity index (χ0) is 22.1. The quantitative estimate of drug-likeness (QED) is 0.272. The molecular weight excluding hydrogens is 412 g/mol. The molecule has 0 fully saturated rings. The zero-order valence-corrected chi connectivity index (χ0v) is 19.2. The minimum atomic E-state index is -0.00261. The first-order chi connectivity index (χ1) is 15.6. The van der Waals surface area contributed by atoms with Gasteiger partial charge in [0, 0.05) is 12.0 Å². The van der Waals surface area contributed by atoms with Crippen LogP contribution in [0.3, 0.4) is 0 Å². The summed E-state index contributed by atoms with van der Waals surface area (Å²) in [5.74, 6) is 0.753. The molecule has 2 atom stereocenters. The van der Waals surface area contributed by atoms with Crippen molar-refractivity contribution in [3.8, 4) is 0 Å². The molecule has 0 N–H and O–H groups in total. The summed E-state index contributed by atoms with van der Waals surface area (Å²) in [6.45, 7) is 5.44. The molecule has 0 saturated carbocycles. The van der Waals surface area contributed by atoms with Gasteiger partial charge in [0.25, 0.3) is 0 Å². The van der Waals surface area contributed by atoms with E-state index in [9.17, 15) is 4.79 Å². The first-order valence-corrected chi connectivity index (χ1v) is 12.0. The van der Waals surface area contributed by atoms with Crippen LogP contribution in [0.5, 0.6) is 0 Å². The van der Waals surface area contributed by atoms with Crippen molar-refractivity contribution in [2.45, 2.75) is 26.4 Å². The Morgan fingerprint density at radius 3 is 2.34 bits per heavy atom. The highest BCUT2D eigenvalue weighted by Gasteiger charge is 2.48. The fourth-order valence-corrected chi connectivity index (χ4v) is 5.88. The Morgan fingerprint density at radius 2 is 1.62 bits per heavy atom. The summed E-state index contributed by atoms with van der Waals surface area (Å²) in [4.78, 5) is 15.8. The Kier molecular flexibility index (Phi) is 5.62. The van der Waals surface area contributed by atoms with Gasteiger partial charge in [0.1, 0.15) is 11.6 Å². The van der Waals surface area contributed by atoms with Gasteiger partial charge in [0.05, 0.1) is 11.2 Å². The third kappa shape index (κ3) is 3.76. The predicted octanol–water partition coefficient (Wildman–Crippen LogP) is 6.26. The monoisotopic (exact) mass is 439 g/mol. The van der Waals surface area contributed by atoms with Crippen LogP contribution < -0.4 is 9.47 Å². The fourth-order valence-electron chi connectivity index (χ4n) is 4.66. The molecule has 1 aliphatic heterocycles. The van der Waals surface area contributed by atoms with Gasteiger partial charge in [0.15, 0.2) is 0 Å². The molecule has 3 aromatic carbocycles. The van der Waals surface area contributed by atoms with Crippen LogP contribution in [0.4, 0.5) is 5.13 Å². The number of anilines is 1. The number of para-hydroxylation sites is 1. The largest absolute Gasteiger partial charge is 0.345 e. The van der Waals surface area contributed by atoms with E-state index >= 15 is 0 Å². The molecule has 0 unspecified atom stereocenters. The van der Waals surface area contributed by atoms with Crippen LogP contribution in [0, 0.1) is 11.8 Å². The van der Waals surface area contributed by atoms with Gasteiger partial charge in [-0.3, -0.25) is 0 Å². The number of rotatable bonds is 4. The second kappa shape index (κ2) is 8.71. The number of aromatic nitrogens is 1. The van der Waals surface area contributed by atoms with E-state index in [0.717, 1.165) is 17.2 Å². The van der Waals surface area contributed by atoms with E-state index < -0.39 is 0 Å². The Morgan fingerprint density at radius 1 is 0.969 bits per heavy atom. The number of benzene rings is 3. The lowest BCUT2D eigenvalue weighted by Crippen LogP contribution is -2.55. The highest BCUT2D eigenvalue weighted by atomic mass is 32.1. The molecular formula is C28H27N2OS+. The maximum atomic E-state index is 13.8. The van der Waals surface area contributed by atoms with Crippen LogP contribution in [-0.4, -0.2) is 5.91 Å². The number of amides is 1. The average molecular weight is 440 g/mol. The van der Waals surface area contributed by atoms with Crippen LogP contribution in [0.25, 0.3) is 16.3 Å². The second-order valence-electron chi connectivity index (χ2n) is 8.68. The van der Waals surface area contributed by atoms with Crippen LogP contribution >= 0.6 is 11.3 Å². The normalized spacial score (nSPS) is 18.4. The van der Waals surface area contributed by atoms with E-state index in [4.69, 9.17) is 0 Å². The third-order valence-corrected chi connectivity index (χ3v) is 7.49. The van der Waals surface area contributed by atoms with Gasteiger partial charge in [0.2, 0.25) is 0 Å². The molecule has 4 aromatic rings. The van der Waals surface area contributed by atoms with Gasteiger partial charge >= 0.3 is 11.0 Å². The van der Waals surface area contributed by atoms with Gasteiger partial charge in [-0.15, -0.1) is 0 Å². The highest BCUT2D eigenvalue weighted by Crippen LogP contribution is 2.43. The lowest BCUT2D eigenvalue weighted by atomic mass is 9.82. The number of fused-ring (bicyclic) bond motifs is 3. The first-order valence-electron chi connectivity index (χ1n) is 11.2. The molecule has 5 rings (SSSR count). The average Bonchev–Trinajstić information content (AvgIpc) is 3.21. The number of hydrogen-bond acceptors (Lipinski definition) is 2. The van der Waals surface area contributed by atoms with Crippen LogP contribution in [0.15, 0.2) is 91.0 Å². The number of carbonyl (C=O) groups excluding carboxylic acids is 1. The molecule has 32 heavy (non-hydrogen) atoms. The zero-order valence-electron chi connectivity index (χ0n) is 18.4. The topological polar surface area (TPSA) is 24.2 Å². The van der Waals surface area contributed by atoms with Gasteiger partial charge in [-0.25, -0.2) is 9.36 Å². The van der Waals surface area contributed by atoms with Crippen molar-refractivity contribution in [3.63, 3.8) is 0 Å². The molecule has 0 spiro atoms. The summed E-state index contributed by atoms with van der Waals surface area (Å²) >= 11 is 1.70. The predicted molar refractivity (Wildman–Crippen MR) is 132 cm³/mol. The second-order valence-corrected chi connectivity index (χ2v) is 9.69. The molecule has 160 valence electrons. The Labute approximate surface area is 193 Å². The first kappa shape index (κ1) is 20.7. The fraction of sp³-hybridized carbons (Fsp3) is 0.214. The lowest BCUT2D eigenvalue weighted by Gasteiger charge is -2.36. The Hall–Kier alpha value is -3.24. The van der Waals surface area contributed by atoms with Crippen molar-refractivity contribution in [1.82, 2.24) is 0 Å². The van der Waals surface area contributed by atoms with Crippen molar-refractivity contribution < 1.29 is 9.36 Å². The minimum Gasteiger partial charge on any atom is -0.241 e. The van der Waals surface area contributed by atoms with E-state index in [2.05, 4.69) is 66.9 Å². The molecule has 0 saturated heterocycles. The van der Waals surface area contributed by atoms with E-state index in [1.807, 2.05) is 47.4 Å². The molecule has 3 nitrogen and oxygen atoms in total. The molecule has 1 aromatic heterocycles. The van der Waals surface area contributed by atoms with Gasteiger partial charge in [-0.05, 0) is 46.6 Å². The standard InChI is InChI=1S/C28H27N2OS/c1-20(2)23-19-29-24-15-9-10-16-25(24)32-28(29)30(27(23)22-13-7-4-8-14-22)26(31)18-17-21-11-5-3-6-12-21/h3-18,20,23,27H,19H2,1-2H3/q+1/b18-17+/t23-,27+/m0/s1. The number of thiazole rings is 1. The van der Waals surface area contributed by atoms with Crippen molar-refractivity contribution in [1.29, 1.82) is 0 Å². The van der Waals surface area contributed by atoms with Crippen molar-refractivity contribution in [2.24, 2.45) is 11.8 Å². The number of nitrogens with zero attached hydrogens (tertiary/aromatic N) is 2. The summed E-state index contributed by atoms with van der Waals surface area (Å²) in [5, 5.41) is 1.01. The summed E-state index contributed by atoms with van der Waals surface area (Å²) in [6, 6.07) is 29.0. The van der Waals surface area contributed by atoms with E-state index in [1.165, 1.54) is 15.8 Å². The summed E-state index contributed by atoms with van der Waals surface area (Å²) in [5.41, 5.74) is 3.42. The smallest absolute Gasteiger partial charge is 0.241 e. The molecule has 1 aliphatic rings. The van der Waals surface area contributed by atoms with E-state index in [1.54, 1.807) is 17.4 Å². The molecule has 0 bridgehead atoms. The summed E-state index contributed by atoms with van der Waals surface area (Å²) < 4.78 is 3.56. The maximum Gasteiger partial charge on any atom is 0.345 e. The Bertz CT molecular complexity index is 1260. The van der Waals surface area contributed by atoms with Gasteiger partial charge in [-0.1, -0.05) is 86.6 Å². The molecule has 1 amide bonds. The molecule has 0 aliphatic carbocycles. The number of carbonyl (C=O) groups is 1. The van der Waals surface area contributed by atoms with Crippen LogP contribution in [0.2, 0.25) is 0 Å². The summed E-state index contributed by atoms with van der Waals surface area (Å²) in [7, 11) is 0. The van der Waals surface area contributed by atoms with Crippen molar-refractivity contribution >= 4 is 38.7 Å². The summed E-state index contributed by atoms with van der Waals surface area (Å²) in [6.07, 6.45) is 3.64. The Balaban J connectivity index is 1.66. The molecule has 2 heterocycles. The van der Waals surface area contributed by atoms with E-state index in [0.29, 0.717) is 11.8 Å². The molecule has 4 heteroatoms. The van der Waals surface area contributed by atoms with Gasteiger partial charge in [-0.2, -0.15) is 4.90 Å². The minimum absolute atomic E-state index is 0.00261. The van der Waals surface area contributed by atoms with Crippen LogP contribution in [-0.2, 0) is 11.3 Å². The van der Waals surface area contributed by atoms with Crippen LogP contribution in [0.1, 0.15) is 31.0 Å². The SMILES string of the molecule is CC(C)[C@@H]1C[n+]2c(sc3ccccc32)N(C(=O)/C=C/c2ccccc2)[C@@H]1c1ccccc1. The van der Waals surface area contributed by atoms with Crippen molar-refractivity contribution in [2.75, 3.05) is 4.90 Å². The van der Waals surface area contributed by atoms with E-state index in [-0.39, 0.29) is 11.9 Å². The number of hydrogen-bond donors (Lipinski definition) is 0. The molecule has 0 radical (unpaired) electrons. The lowest BCUT2D eigenvalue weighted by molar-refractivity contribution is -0.669. The van der Waals surface area contributed by atoms with Crippen molar-refractivity contribution in [3.05, 3.63) is 102 Å². The van der Waals surface area contributed by atoms with Gasteiger partial charge < -0.3 is 0 Å². The third-order valence-electron chi connectivity index (χ3n) is 6.32.